The van der Waals surface area contributed by atoms with Crippen LogP contribution in [-0.2, 0) is 9.53 Å². The van der Waals surface area contributed by atoms with Crippen LogP contribution in [-0.4, -0.2) is 23.8 Å². The van der Waals surface area contributed by atoms with Gasteiger partial charge in [0.1, 0.15) is 6.61 Å². The fraction of sp³-hybridized carbons (Fsp3) is 0.769. The van der Waals surface area contributed by atoms with Crippen LogP contribution in [0.3, 0.4) is 0 Å². The normalized spacial score (nSPS) is 14.2. The predicted molar refractivity (Wildman–Crippen MR) is 65.1 cm³/mol. The third kappa shape index (κ3) is 8.48. The van der Waals surface area contributed by atoms with Crippen molar-refractivity contribution in [2.75, 3.05) is 6.61 Å². The van der Waals surface area contributed by atoms with Crippen LogP contribution in [0.1, 0.15) is 46.0 Å². The molecular formula is C13H24O3. The summed E-state index contributed by atoms with van der Waals surface area (Å²) in [6, 6.07) is 0. The van der Waals surface area contributed by atoms with Crippen molar-refractivity contribution in [3.63, 3.8) is 0 Å². The summed E-state index contributed by atoms with van der Waals surface area (Å²) in [7, 11) is 0. The van der Waals surface area contributed by atoms with Gasteiger partial charge in [-0.3, -0.25) is 4.79 Å². The van der Waals surface area contributed by atoms with E-state index in [0.717, 1.165) is 32.1 Å². The van der Waals surface area contributed by atoms with Crippen LogP contribution in [0.25, 0.3) is 0 Å². The molecule has 1 N–H and O–H groups in total. The van der Waals surface area contributed by atoms with Crippen molar-refractivity contribution in [2.45, 2.75) is 52.1 Å². The molecular weight excluding hydrogens is 204 g/mol. The lowest BCUT2D eigenvalue weighted by Gasteiger charge is -2.10. The summed E-state index contributed by atoms with van der Waals surface area (Å²) in [6.45, 7) is 7.48. The first kappa shape index (κ1) is 15.2. The molecule has 3 nitrogen and oxygen atoms in total. The molecule has 0 aromatic heterocycles. The number of rotatable bonds is 9. The number of carbonyl (C=O) groups excluding carboxylic acids is 1. The molecule has 0 heterocycles. The number of ether oxygens (including phenoxy) is 1. The van der Waals surface area contributed by atoms with Gasteiger partial charge < -0.3 is 9.84 Å². The number of aliphatic hydroxyl groups is 1. The summed E-state index contributed by atoms with van der Waals surface area (Å²) in [5, 5.41) is 9.06. The van der Waals surface area contributed by atoms with E-state index in [1.54, 1.807) is 13.0 Å². The van der Waals surface area contributed by atoms with Gasteiger partial charge >= 0.3 is 5.97 Å². The minimum atomic E-state index is -0.213. The van der Waals surface area contributed by atoms with Gasteiger partial charge in [-0.2, -0.15) is 0 Å². The zero-order valence-electron chi connectivity index (χ0n) is 10.4. The molecule has 0 aliphatic heterocycles. The first-order valence-corrected chi connectivity index (χ1v) is 6.03. The van der Waals surface area contributed by atoms with Crippen LogP contribution >= 0.6 is 0 Å². The third-order valence-electron chi connectivity index (χ3n) is 2.50. The molecule has 0 saturated heterocycles. The second-order valence-electron chi connectivity index (χ2n) is 4.31. The molecule has 0 fully saturated rings. The Bertz CT molecular complexity index is 199. The average Bonchev–Trinajstić information content (AvgIpc) is 2.24. The summed E-state index contributed by atoms with van der Waals surface area (Å²) in [6.07, 6.45) is 6.15. The van der Waals surface area contributed by atoms with E-state index in [1.165, 1.54) is 0 Å². The highest BCUT2D eigenvalue weighted by atomic mass is 16.5. The number of unbranched alkanes of at least 4 members (excludes halogenated alkanes) is 2. The highest BCUT2D eigenvalue weighted by molar-refractivity contribution is 5.71. The smallest absolute Gasteiger partial charge is 0.308 e. The zero-order chi connectivity index (χ0) is 12.4. The van der Waals surface area contributed by atoms with Gasteiger partial charge in [-0.25, -0.2) is 0 Å². The van der Waals surface area contributed by atoms with E-state index in [2.05, 4.69) is 6.58 Å². The second kappa shape index (κ2) is 9.40. The van der Waals surface area contributed by atoms with Gasteiger partial charge in [0, 0.05) is 0 Å². The van der Waals surface area contributed by atoms with Gasteiger partial charge in [-0.1, -0.05) is 38.8 Å². The van der Waals surface area contributed by atoms with E-state index in [4.69, 9.17) is 9.84 Å². The largest absolute Gasteiger partial charge is 0.461 e. The summed E-state index contributed by atoms with van der Waals surface area (Å²) < 4.78 is 4.95. The van der Waals surface area contributed by atoms with E-state index in [9.17, 15) is 4.79 Å². The summed E-state index contributed by atoms with van der Waals surface area (Å²) in [5.74, 6) is -0.179. The van der Waals surface area contributed by atoms with Gasteiger partial charge in [0.25, 0.3) is 0 Å². The monoisotopic (exact) mass is 228 g/mol. The molecule has 0 bridgehead atoms. The Morgan fingerprint density at radius 3 is 2.50 bits per heavy atom. The lowest BCUT2D eigenvalue weighted by atomic mass is 10.0. The Morgan fingerprint density at radius 1 is 1.31 bits per heavy atom. The molecule has 94 valence electrons. The van der Waals surface area contributed by atoms with E-state index in [0.29, 0.717) is 6.61 Å². The van der Waals surface area contributed by atoms with Crippen LogP contribution in [0.4, 0.5) is 0 Å². The molecule has 0 rings (SSSR count). The van der Waals surface area contributed by atoms with Gasteiger partial charge in [0.2, 0.25) is 0 Å². The Kier molecular flexibility index (Phi) is 8.91. The minimum Gasteiger partial charge on any atom is -0.461 e. The maximum atomic E-state index is 11.4. The van der Waals surface area contributed by atoms with Gasteiger partial charge in [-0.15, -0.1) is 0 Å². The van der Waals surface area contributed by atoms with E-state index in [1.807, 2.05) is 6.92 Å². The van der Waals surface area contributed by atoms with Crippen LogP contribution in [0.5, 0.6) is 0 Å². The van der Waals surface area contributed by atoms with Crippen LogP contribution < -0.4 is 0 Å². The first-order valence-electron chi connectivity index (χ1n) is 6.03. The molecule has 0 aromatic carbocycles. The van der Waals surface area contributed by atoms with Crippen LogP contribution in [0.2, 0.25) is 0 Å². The molecule has 0 aliphatic carbocycles. The molecule has 0 saturated carbocycles. The highest BCUT2D eigenvalue weighted by Gasteiger charge is 2.12. The number of esters is 1. The molecule has 2 unspecified atom stereocenters. The van der Waals surface area contributed by atoms with Crippen molar-refractivity contribution in [2.24, 2.45) is 5.92 Å². The number of hydrogen-bond donors (Lipinski definition) is 1. The zero-order valence-corrected chi connectivity index (χ0v) is 10.4. The second-order valence-corrected chi connectivity index (χ2v) is 4.31. The molecule has 0 radical (unpaired) electrons. The third-order valence-corrected chi connectivity index (χ3v) is 2.50. The number of hydrogen-bond acceptors (Lipinski definition) is 3. The van der Waals surface area contributed by atoms with Crippen molar-refractivity contribution in [1.82, 2.24) is 0 Å². The molecule has 16 heavy (non-hydrogen) atoms. The summed E-state index contributed by atoms with van der Waals surface area (Å²) in [4.78, 5) is 11.4. The van der Waals surface area contributed by atoms with Crippen molar-refractivity contribution < 1.29 is 14.6 Å². The molecule has 0 amide bonds. The van der Waals surface area contributed by atoms with Gasteiger partial charge in [0.05, 0.1) is 12.0 Å². The molecule has 0 spiro atoms. The number of carbonyl (C=O) groups is 1. The Labute approximate surface area is 98.5 Å². The van der Waals surface area contributed by atoms with Crippen molar-refractivity contribution in [1.29, 1.82) is 0 Å². The SMILES string of the molecule is C=CCOC(=O)C(C)CCCCCC(C)O. The maximum Gasteiger partial charge on any atom is 0.308 e. The maximum absolute atomic E-state index is 11.4. The van der Waals surface area contributed by atoms with Crippen LogP contribution in [0.15, 0.2) is 12.7 Å². The fourth-order valence-corrected chi connectivity index (χ4v) is 1.47. The Morgan fingerprint density at radius 2 is 1.94 bits per heavy atom. The Hall–Kier alpha value is -0.830. The van der Waals surface area contributed by atoms with E-state index < -0.39 is 0 Å². The quantitative estimate of drug-likeness (QED) is 0.375. The molecule has 2 atom stereocenters. The van der Waals surface area contributed by atoms with E-state index >= 15 is 0 Å². The fourth-order valence-electron chi connectivity index (χ4n) is 1.47. The lowest BCUT2D eigenvalue weighted by molar-refractivity contribution is -0.146. The topological polar surface area (TPSA) is 46.5 Å². The summed E-state index contributed by atoms with van der Waals surface area (Å²) >= 11 is 0. The number of aliphatic hydroxyl groups excluding tert-OH is 1. The highest BCUT2D eigenvalue weighted by Crippen LogP contribution is 2.12. The van der Waals surface area contributed by atoms with Crippen molar-refractivity contribution >= 4 is 5.97 Å². The van der Waals surface area contributed by atoms with E-state index in [-0.39, 0.29) is 18.0 Å². The van der Waals surface area contributed by atoms with Crippen molar-refractivity contribution in [3.05, 3.63) is 12.7 Å². The summed E-state index contributed by atoms with van der Waals surface area (Å²) in [5.41, 5.74) is 0. The standard InChI is InChI=1S/C13H24O3/c1-4-10-16-13(15)11(2)8-6-5-7-9-12(3)14/h4,11-12,14H,1,5-10H2,2-3H3. The molecule has 0 aromatic rings. The minimum absolute atomic E-state index is 0.0356. The van der Waals surface area contributed by atoms with Gasteiger partial charge in [-0.05, 0) is 19.8 Å². The first-order chi connectivity index (χ1) is 7.57. The van der Waals surface area contributed by atoms with Gasteiger partial charge in [0.15, 0.2) is 0 Å². The molecule has 0 aliphatic rings. The van der Waals surface area contributed by atoms with Crippen LogP contribution in [0, 0.1) is 5.92 Å². The molecule has 3 heteroatoms. The Balaban J connectivity index is 3.45. The van der Waals surface area contributed by atoms with Crippen molar-refractivity contribution in [3.8, 4) is 0 Å². The predicted octanol–water partition coefficient (Wildman–Crippen LogP) is 2.68. The lowest BCUT2D eigenvalue weighted by Crippen LogP contribution is -2.14. The average molecular weight is 228 g/mol.